The van der Waals surface area contributed by atoms with Gasteiger partial charge in [-0.1, -0.05) is 20.3 Å². The molecule has 2 atom stereocenters. The Morgan fingerprint density at radius 1 is 1.58 bits per heavy atom. The Hall–Kier alpha value is -0.760. The van der Waals surface area contributed by atoms with Crippen molar-refractivity contribution in [3.63, 3.8) is 0 Å². The van der Waals surface area contributed by atoms with Crippen molar-refractivity contribution >= 4 is 0 Å². The summed E-state index contributed by atoms with van der Waals surface area (Å²) < 4.78 is 5.35. The molecule has 0 aliphatic rings. The van der Waals surface area contributed by atoms with Gasteiger partial charge < -0.3 is 9.73 Å². The molecule has 0 bridgehead atoms. The van der Waals surface area contributed by atoms with E-state index in [-0.39, 0.29) is 0 Å². The summed E-state index contributed by atoms with van der Waals surface area (Å²) in [4.78, 5) is 0. The van der Waals surface area contributed by atoms with Crippen LogP contribution in [0.1, 0.15) is 32.1 Å². The van der Waals surface area contributed by atoms with Crippen molar-refractivity contribution in [3.8, 4) is 0 Å². The normalized spacial score (nSPS) is 15.9. The highest BCUT2D eigenvalue weighted by molar-refractivity contribution is 5.05. The van der Waals surface area contributed by atoms with Gasteiger partial charge in [0.15, 0.2) is 0 Å². The summed E-state index contributed by atoms with van der Waals surface area (Å²) in [5, 5.41) is 3.26. The molecule has 1 N–H and O–H groups in total. The van der Waals surface area contributed by atoms with Gasteiger partial charge in [0, 0.05) is 0 Å². The molecule has 0 aliphatic carbocycles. The third-order valence-electron chi connectivity index (χ3n) is 2.37. The molecule has 0 fully saturated rings. The van der Waals surface area contributed by atoms with E-state index in [1.807, 2.05) is 19.2 Å². The second-order valence-electron chi connectivity index (χ2n) is 3.17. The lowest BCUT2D eigenvalue weighted by atomic mass is 9.97. The molecule has 1 aromatic heterocycles. The second kappa shape index (κ2) is 4.31. The first-order valence-electron chi connectivity index (χ1n) is 4.50. The molecule has 0 spiro atoms. The van der Waals surface area contributed by atoms with Gasteiger partial charge in [-0.05, 0) is 25.1 Å². The quantitative estimate of drug-likeness (QED) is 0.745. The molecule has 0 saturated carbocycles. The maximum Gasteiger partial charge on any atom is 0.120 e. The van der Waals surface area contributed by atoms with Gasteiger partial charge in [0.05, 0.1) is 12.3 Å². The van der Waals surface area contributed by atoms with E-state index in [2.05, 4.69) is 19.2 Å². The molecule has 2 unspecified atom stereocenters. The maximum absolute atomic E-state index is 5.35. The first-order valence-corrected chi connectivity index (χ1v) is 4.50. The molecule has 1 heterocycles. The van der Waals surface area contributed by atoms with Gasteiger partial charge in [0.25, 0.3) is 0 Å². The summed E-state index contributed by atoms with van der Waals surface area (Å²) in [6.07, 6.45) is 2.88. The molecular formula is C10H17NO. The first kappa shape index (κ1) is 9.33. The van der Waals surface area contributed by atoms with Gasteiger partial charge in [0.1, 0.15) is 5.76 Å². The predicted molar refractivity (Wildman–Crippen MR) is 50.0 cm³/mol. The van der Waals surface area contributed by atoms with E-state index in [0.717, 1.165) is 12.2 Å². The average molecular weight is 167 g/mol. The Kier molecular flexibility index (Phi) is 3.35. The van der Waals surface area contributed by atoms with E-state index in [4.69, 9.17) is 4.42 Å². The number of furan rings is 1. The SMILES string of the molecule is CCC(C)C(NC)c1ccco1. The Labute approximate surface area is 74.0 Å². The molecule has 2 heteroatoms. The molecule has 1 rings (SSSR count). The van der Waals surface area contributed by atoms with Gasteiger partial charge in [-0.3, -0.25) is 0 Å². The predicted octanol–water partition coefficient (Wildman–Crippen LogP) is 2.59. The van der Waals surface area contributed by atoms with Crippen molar-refractivity contribution in [1.82, 2.24) is 5.32 Å². The van der Waals surface area contributed by atoms with Crippen molar-refractivity contribution < 1.29 is 4.42 Å². The van der Waals surface area contributed by atoms with Crippen LogP contribution < -0.4 is 5.32 Å². The third kappa shape index (κ3) is 1.89. The number of rotatable bonds is 4. The summed E-state index contributed by atoms with van der Waals surface area (Å²) in [5.74, 6) is 1.65. The fourth-order valence-corrected chi connectivity index (χ4v) is 1.41. The van der Waals surface area contributed by atoms with E-state index in [0.29, 0.717) is 12.0 Å². The number of hydrogen-bond acceptors (Lipinski definition) is 2. The smallest absolute Gasteiger partial charge is 0.120 e. The van der Waals surface area contributed by atoms with Crippen molar-refractivity contribution in [2.75, 3.05) is 7.05 Å². The highest BCUT2D eigenvalue weighted by Crippen LogP contribution is 2.23. The maximum atomic E-state index is 5.35. The van der Waals surface area contributed by atoms with Crippen LogP contribution in [-0.2, 0) is 0 Å². The zero-order chi connectivity index (χ0) is 8.97. The van der Waals surface area contributed by atoms with E-state index in [9.17, 15) is 0 Å². The molecular weight excluding hydrogens is 150 g/mol. The number of hydrogen-bond donors (Lipinski definition) is 1. The van der Waals surface area contributed by atoms with Crippen molar-refractivity contribution in [3.05, 3.63) is 24.2 Å². The van der Waals surface area contributed by atoms with Crippen LogP contribution in [0.15, 0.2) is 22.8 Å². The van der Waals surface area contributed by atoms with Gasteiger partial charge >= 0.3 is 0 Å². The van der Waals surface area contributed by atoms with E-state index in [1.165, 1.54) is 0 Å². The van der Waals surface area contributed by atoms with E-state index >= 15 is 0 Å². The van der Waals surface area contributed by atoms with Crippen LogP contribution in [0, 0.1) is 5.92 Å². The van der Waals surface area contributed by atoms with Crippen molar-refractivity contribution in [2.24, 2.45) is 5.92 Å². The third-order valence-corrected chi connectivity index (χ3v) is 2.37. The average Bonchev–Trinajstić information content (AvgIpc) is 2.58. The van der Waals surface area contributed by atoms with E-state index in [1.54, 1.807) is 6.26 Å². The first-order chi connectivity index (χ1) is 5.79. The lowest BCUT2D eigenvalue weighted by Gasteiger charge is -2.19. The van der Waals surface area contributed by atoms with Crippen LogP contribution in [0.5, 0.6) is 0 Å². The minimum absolute atomic E-state index is 0.352. The van der Waals surface area contributed by atoms with Crippen LogP contribution >= 0.6 is 0 Å². The lowest BCUT2D eigenvalue weighted by Crippen LogP contribution is -2.22. The Morgan fingerprint density at radius 3 is 2.75 bits per heavy atom. The molecule has 12 heavy (non-hydrogen) atoms. The lowest BCUT2D eigenvalue weighted by molar-refractivity contribution is 0.335. The minimum Gasteiger partial charge on any atom is -0.468 e. The molecule has 0 saturated heterocycles. The zero-order valence-electron chi connectivity index (χ0n) is 8.00. The number of nitrogens with one attached hydrogen (secondary N) is 1. The van der Waals surface area contributed by atoms with Crippen molar-refractivity contribution in [2.45, 2.75) is 26.3 Å². The summed E-state index contributed by atoms with van der Waals surface area (Å²) >= 11 is 0. The monoisotopic (exact) mass is 167 g/mol. The summed E-state index contributed by atoms with van der Waals surface area (Å²) in [6.45, 7) is 4.42. The fourth-order valence-electron chi connectivity index (χ4n) is 1.41. The standard InChI is InChI=1S/C10H17NO/c1-4-8(2)10(11-3)9-6-5-7-12-9/h5-8,10-11H,4H2,1-3H3. The van der Waals surface area contributed by atoms with Crippen LogP contribution in [0.3, 0.4) is 0 Å². The highest BCUT2D eigenvalue weighted by Gasteiger charge is 2.17. The summed E-state index contributed by atoms with van der Waals surface area (Å²) in [6, 6.07) is 4.31. The van der Waals surface area contributed by atoms with Crippen LogP contribution in [0.25, 0.3) is 0 Å². The fraction of sp³-hybridized carbons (Fsp3) is 0.600. The van der Waals surface area contributed by atoms with Crippen molar-refractivity contribution in [1.29, 1.82) is 0 Å². The largest absolute Gasteiger partial charge is 0.468 e. The zero-order valence-corrected chi connectivity index (χ0v) is 8.00. The molecule has 0 aromatic carbocycles. The van der Waals surface area contributed by atoms with Crippen LogP contribution in [0.4, 0.5) is 0 Å². The summed E-state index contributed by atoms with van der Waals surface area (Å²) in [5.41, 5.74) is 0. The van der Waals surface area contributed by atoms with Crippen LogP contribution in [0.2, 0.25) is 0 Å². The van der Waals surface area contributed by atoms with Gasteiger partial charge in [-0.25, -0.2) is 0 Å². The molecule has 0 aliphatic heterocycles. The molecule has 1 aromatic rings. The second-order valence-corrected chi connectivity index (χ2v) is 3.17. The Balaban J connectivity index is 2.69. The molecule has 2 nitrogen and oxygen atoms in total. The van der Waals surface area contributed by atoms with Gasteiger partial charge in [0.2, 0.25) is 0 Å². The highest BCUT2D eigenvalue weighted by atomic mass is 16.3. The minimum atomic E-state index is 0.352. The Morgan fingerprint density at radius 2 is 2.33 bits per heavy atom. The van der Waals surface area contributed by atoms with E-state index < -0.39 is 0 Å². The summed E-state index contributed by atoms with van der Waals surface area (Å²) in [7, 11) is 1.97. The molecule has 0 amide bonds. The van der Waals surface area contributed by atoms with Crippen LogP contribution in [-0.4, -0.2) is 7.05 Å². The molecule has 68 valence electrons. The van der Waals surface area contributed by atoms with Gasteiger partial charge in [-0.2, -0.15) is 0 Å². The Bertz CT molecular complexity index is 206. The topological polar surface area (TPSA) is 25.2 Å². The van der Waals surface area contributed by atoms with Gasteiger partial charge in [-0.15, -0.1) is 0 Å². The molecule has 0 radical (unpaired) electrons.